The molecule has 1 aromatic carbocycles. The first-order valence-corrected chi connectivity index (χ1v) is 5.68. The van der Waals surface area contributed by atoms with Crippen LogP contribution in [0.2, 0.25) is 0 Å². The van der Waals surface area contributed by atoms with Crippen molar-refractivity contribution in [3.8, 4) is 5.75 Å². The summed E-state index contributed by atoms with van der Waals surface area (Å²) >= 11 is 0. The Morgan fingerprint density at radius 3 is 2.80 bits per heavy atom. The summed E-state index contributed by atoms with van der Waals surface area (Å²) in [6.07, 6.45) is 0. The number of benzene rings is 1. The summed E-state index contributed by atoms with van der Waals surface area (Å²) in [5.41, 5.74) is 0.0205. The van der Waals surface area contributed by atoms with E-state index in [9.17, 15) is 20.0 Å². The summed E-state index contributed by atoms with van der Waals surface area (Å²) in [7, 11) is 1.52. The molecule has 2 N–H and O–H groups in total. The molecule has 0 bridgehead atoms. The van der Waals surface area contributed by atoms with E-state index in [1.165, 1.54) is 30.8 Å². The Balaban J connectivity index is 2.35. The van der Waals surface area contributed by atoms with E-state index in [0.29, 0.717) is 5.69 Å². The Morgan fingerprint density at radius 1 is 1.50 bits per heavy atom. The van der Waals surface area contributed by atoms with Crippen LogP contribution in [0.4, 0.5) is 11.4 Å². The second-order valence-corrected chi connectivity index (χ2v) is 4.17. The van der Waals surface area contributed by atoms with Crippen molar-refractivity contribution >= 4 is 17.3 Å². The van der Waals surface area contributed by atoms with E-state index < -0.39 is 10.8 Å². The van der Waals surface area contributed by atoms with Gasteiger partial charge in [0.2, 0.25) is 5.69 Å². The Labute approximate surface area is 113 Å². The van der Waals surface area contributed by atoms with Gasteiger partial charge in [-0.2, -0.15) is 5.10 Å². The third kappa shape index (κ3) is 2.44. The van der Waals surface area contributed by atoms with Crippen LogP contribution in [0.3, 0.4) is 0 Å². The number of phenolic OH excluding ortho intramolecular Hbond substituents is 1. The van der Waals surface area contributed by atoms with Crippen LogP contribution in [-0.4, -0.2) is 25.7 Å². The van der Waals surface area contributed by atoms with Crippen LogP contribution >= 0.6 is 0 Å². The number of amides is 1. The van der Waals surface area contributed by atoms with Gasteiger partial charge in [-0.25, -0.2) is 0 Å². The van der Waals surface area contributed by atoms with Crippen LogP contribution in [0.1, 0.15) is 16.2 Å². The Kier molecular flexibility index (Phi) is 3.38. The molecule has 0 saturated carbocycles. The maximum absolute atomic E-state index is 12.0. The molecule has 0 aliphatic rings. The maximum atomic E-state index is 12.0. The molecule has 104 valence electrons. The molecular weight excluding hydrogens is 264 g/mol. The van der Waals surface area contributed by atoms with Crippen molar-refractivity contribution in [3.63, 3.8) is 0 Å². The van der Waals surface area contributed by atoms with Crippen molar-refractivity contribution in [2.24, 2.45) is 7.05 Å². The van der Waals surface area contributed by atoms with Crippen LogP contribution in [0.25, 0.3) is 0 Å². The fraction of sp³-hybridized carbons (Fsp3) is 0.167. The molecule has 8 nitrogen and oxygen atoms in total. The summed E-state index contributed by atoms with van der Waals surface area (Å²) in [5, 5.41) is 26.6. The summed E-state index contributed by atoms with van der Waals surface area (Å²) in [6.45, 7) is 1.51. The number of nitrogens with one attached hydrogen (secondary N) is 1. The first-order valence-electron chi connectivity index (χ1n) is 5.68. The first kappa shape index (κ1) is 13.5. The van der Waals surface area contributed by atoms with Gasteiger partial charge < -0.3 is 10.4 Å². The molecule has 2 rings (SSSR count). The molecule has 0 saturated heterocycles. The highest BCUT2D eigenvalue weighted by molar-refractivity contribution is 6.05. The largest absolute Gasteiger partial charge is 0.508 e. The zero-order valence-corrected chi connectivity index (χ0v) is 10.8. The van der Waals surface area contributed by atoms with Gasteiger partial charge in [-0.05, 0) is 19.1 Å². The quantitative estimate of drug-likeness (QED) is 0.653. The van der Waals surface area contributed by atoms with Crippen LogP contribution in [0.15, 0.2) is 24.3 Å². The number of anilines is 1. The van der Waals surface area contributed by atoms with Crippen molar-refractivity contribution in [2.75, 3.05) is 5.32 Å². The van der Waals surface area contributed by atoms with E-state index in [-0.39, 0.29) is 22.8 Å². The van der Waals surface area contributed by atoms with Gasteiger partial charge in [0.05, 0.1) is 4.92 Å². The van der Waals surface area contributed by atoms with Crippen molar-refractivity contribution in [1.82, 2.24) is 9.78 Å². The standard InChI is InChI=1S/C12H12N4O4/c1-7-11(16(19)20)10(14-15(7)2)12(18)13-8-4-3-5-9(17)6-8/h3-6,17H,1-2H3,(H,13,18). The Hall–Kier alpha value is -2.90. The van der Waals surface area contributed by atoms with Gasteiger partial charge in [0.1, 0.15) is 11.4 Å². The van der Waals surface area contributed by atoms with E-state index in [4.69, 9.17) is 0 Å². The smallest absolute Gasteiger partial charge is 0.322 e. The fourth-order valence-corrected chi connectivity index (χ4v) is 1.74. The molecule has 0 aliphatic heterocycles. The lowest BCUT2D eigenvalue weighted by Crippen LogP contribution is -2.14. The van der Waals surface area contributed by atoms with E-state index in [1.54, 1.807) is 12.1 Å². The number of aromatic nitrogens is 2. The zero-order valence-electron chi connectivity index (χ0n) is 10.8. The number of carbonyl (C=O) groups is 1. The molecule has 2 aromatic rings. The predicted octanol–water partition coefficient (Wildman–Crippen LogP) is 1.59. The van der Waals surface area contributed by atoms with Crippen LogP contribution < -0.4 is 5.32 Å². The highest BCUT2D eigenvalue weighted by Crippen LogP contribution is 2.23. The average molecular weight is 276 g/mol. The van der Waals surface area contributed by atoms with Gasteiger partial charge >= 0.3 is 5.69 Å². The second kappa shape index (κ2) is 5.00. The summed E-state index contributed by atoms with van der Waals surface area (Å²) in [4.78, 5) is 22.4. The van der Waals surface area contributed by atoms with Crippen molar-refractivity contribution in [3.05, 3.63) is 45.8 Å². The minimum atomic E-state index is -0.703. The van der Waals surface area contributed by atoms with Crippen LogP contribution in [-0.2, 0) is 7.05 Å². The molecule has 0 fully saturated rings. The third-order valence-electron chi connectivity index (χ3n) is 2.80. The number of phenols is 1. The number of carbonyl (C=O) groups excluding carboxylic acids is 1. The van der Waals surface area contributed by atoms with Gasteiger partial charge in [0.15, 0.2) is 0 Å². The molecule has 0 radical (unpaired) electrons. The van der Waals surface area contributed by atoms with E-state index >= 15 is 0 Å². The van der Waals surface area contributed by atoms with Gasteiger partial charge in [-0.3, -0.25) is 19.6 Å². The molecule has 20 heavy (non-hydrogen) atoms. The molecule has 8 heteroatoms. The van der Waals surface area contributed by atoms with E-state index in [1.807, 2.05) is 0 Å². The fourth-order valence-electron chi connectivity index (χ4n) is 1.74. The van der Waals surface area contributed by atoms with Gasteiger partial charge in [0, 0.05) is 18.8 Å². The number of rotatable bonds is 3. The Bertz CT molecular complexity index is 693. The lowest BCUT2D eigenvalue weighted by atomic mass is 10.2. The highest BCUT2D eigenvalue weighted by Gasteiger charge is 2.28. The molecule has 0 aliphatic carbocycles. The topological polar surface area (TPSA) is 110 Å². The molecule has 1 heterocycles. The van der Waals surface area contributed by atoms with Crippen molar-refractivity contribution in [2.45, 2.75) is 6.92 Å². The van der Waals surface area contributed by atoms with E-state index in [2.05, 4.69) is 10.4 Å². The summed E-state index contributed by atoms with van der Waals surface area (Å²) in [5.74, 6) is -0.722. The highest BCUT2D eigenvalue weighted by atomic mass is 16.6. The molecule has 1 aromatic heterocycles. The number of aromatic hydroxyl groups is 1. The average Bonchev–Trinajstić information content (AvgIpc) is 2.66. The molecule has 1 amide bonds. The zero-order chi connectivity index (χ0) is 14.9. The van der Waals surface area contributed by atoms with Gasteiger partial charge in [-0.15, -0.1) is 0 Å². The van der Waals surface area contributed by atoms with Crippen LogP contribution in [0, 0.1) is 17.0 Å². The number of aryl methyl sites for hydroxylation is 1. The molecule has 0 unspecified atom stereocenters. The summed E-state index contributed by atoms with van der Waals surface area (Å²) < 4.78 is 1.27. The van der Waals surface area contributed by atoms with E-state index in [0.717, 1.165) is 0 Å². The van der Waals surface area contributed by atoms with Gasteiger partial charge in [-0.1, -0.05) is 6.07 Å². The van der Waals surface area contributed by atoms with Gasteiger partial charge in [0.25, 0.3) is 5.91 Å². The lowest BCUT2D eigenvalue weighted by Gasteiger charge is -2.03. The number of nitro groups is 1. The molecule has 0 spiro atoms. The lowest BCUT2D eigenvalue weighted by molar-refractivity contribution is -0.385. The SMILES string of the molecule is Cc1c([N+](=O)[O-])c(C(=O)Nc2cccc(O)c2)nn1C. The summed E-state index contributed by atoms with van der Waals surface area (Å²) in [6, 6.07) is 5.88. The number of hydrogen-bond acceptors (Lipinski definition) is 5. The van der Waals surface area contributed by atoms with Crippen molar-refractivity contribution in [1.29, 1.82) is 0 Å². The van der Waals surface area contributed by atoms with Crippen LogP contribution in [0.5, 0.6) is 5.75 Å². The number of hydrogen-bond donors (Lipinski definition) is 2. The maximum Gasteiger partial charge on any atom is 0.322 e. The first-order chi connectivity index (χ1) is 9.40. The number of nitrogens with zero attached hydrogens (tertiary/aromatic N) is 3. The minimum absolute atomic E-state index is 0.0190. The van der Waals surface area contributed by atoms with Crippen molar-refractivity contribution < 1.29 is 14.8 Å². The second-order valence-electron chi connectivity index (χ2n) is 4.17. The Morgan fingerprint density at radius 2 is 2.20 bits per heavy atom. The minimum Gasteiger partial charge on any atom is -0.508 e. The predicted molar refractivity (Wildman–Crippen MR) is 70.7 cm³/mol. The molecule has 0 atom stereocenters. The normalized spacial score (nSPS) is 10.3. The third-order valence-corrected chi connectivity index (χ3v) is 2.80. The monoisotopic (exact) mass is 276 g/mol. The molecular formula is C12H12N4O4.